The van der Waals surface area contributed by atoms with Crippen LogP contribution in [0.5, 0.6) is 0 Å². The molecule has 1 unspecified atom stereocenters. The lowest BCUT2D eigenvalue weighted by Crippen LogP contribution is -2.35. The molecule has 19 heavy (non-hydrogen) atoms. The second-order valence-electron chi connectivity index (χ2n) is 4.59. The van der Waals surface area contributed by atoms with Crippen molar-refractivity contribution in [2.24, 2.45) is 5.73 Å². The lowest BCUT2D eigenvalue weighted by Gasteiger charge is -2.13. The molecule has 0 aliphatic heterocycles. The molecule has 1 atom stereocenters. The zero-order valence-electron chi connectivity index (χ0n) is 11.2. The number of nitrogens with two attached hydrogens (primary N) is 1. The van der Waals surface area contributed by atoms with Crippen molar-refractivity contribution >= 4 is 27.2 Å². The van der Waals surface area contributed by atoms with E-state index in [4.69, 9.17) is 18.0 Å². The molecule has 3 N–H and O–H groups in total. The van der Waals surface area contributed by atoms with Gasteiger partial charge in [0, 0.05) is 12.5 Å². The third-order valence-electron chi connectivity index (χ3n) is 2.64. The summed E-state index contributed by atoms with van der Waals surface area (Å²) in [5.41, 5.74) is 6.54. The van der Waals surface area contributed by atoms with E-state index in [1.807, 2.05) is 12.1 Å². The van der Waals surface area contributed by atoms with Crippen LogP contribution in [-0.4, -0.2) is 19.4 Å². The molecule has 1 rings (SSSR count). The zero-order chi connectivity index (χ0) is 14.5. The fourth-order valence-electron chi connectivity index (χ4n) is 1.80. The molecule has 0 fully saturated rings. The van der Waals surface area contributed by atoms with Crippen LogP contribution in [0.15, 0.2) is 29.2 Å². The van der Waals surface area contributed by atoms with Crippen molar-refractivity contribution in [1.82, 2.24) is 4.72 Å². The molecule has 0 aliphatic rings. The van der Waals surface area contributed by atoms with Gasteiger partial charge in [0.2, 0.25) is 10.0 Å². The van der Waals surface area contributed by atoms with Crippen molar-refractivity contribution in [2.75, 3.05) is 0 Å². The molecule has 1 aromatic carbocycles. The number of rotatable bonds is 7. The Kier molecular flexibility index (Phi) is 5.90. The van der Waals surface area contributed by atoms with E-state index in [1.165, 1.54) is 0 Å². The predicted octanol–water partition coefficient (Wildman–Crippen LogP) is 1.98. The summed E-state index contributed by atoms with van der Waals surface area (Å²) in [4.78, 5) is 0.565. The Morgan fingerprint density at radius 1 is 1.37 bits per heavy atom. The predicted molar refractivity (Wildman–Crippen MR) is 81.6 cm³/mol. The first-order valence-electron chi connectivity index (χ1n) is 6.24. The van der Waals surface area contributed by atoms with E-state index >= 15 is 0 Å². The van der Waals surface area contributed by atoms with Gasteiger partial charge in [-0.15, -0.1) is 0 Å². The van der Waals surface area contributed by atoms with Gasteiger partial charge in [0.1, 0.15) is 0 Å². The van der Waals surface area contributed by atoms with Crippen molar-refractivity contribution in [3.8, 4) is 0 Å². The van der Waals surface area contributed by atoms with Crippen molar-refractivity contribution in [2.45, 2.75) is 44.0 Å². The summed E-state index contributed by atoms with van der Waals surface area (Å²) >= 11 is 4.77. The van der Waals surface area contributed by atoms with Crippen LogP contribution >= 0.6 is 12.2 Å². The molecule has 0 amide bonds. The molecule has 0 saturated heterocycles. The van der Waals surface area contributed by atoms with E-state index in [1.54, 1.807) is 19.1 Å². The van der Waals surface area contributed by atoms with Crippen molar-refractivity contribution in [3.05, 3.63) is 29.8 Å². The number of hydrogen-bond donors (Lipinski definition) is 2. The minimum absolute atomic E-state index is 0.266. The van der Waals surface area contributed by atoms with E-state index in [0.29, 0.717) is 11.4 Å². The summed E-state index contributed by atoms with van der Waals surface area (Å²) in [5, 5.41) is 0. The highest BCUT2D eigenvalue weighted by molar-refractivity contribution is 7.89. The monoisotopic (exact) mass is 300 g/mol. The number of aryl methyl sites for hydroxylation is 1. The third-order valence-corrected chi connectivity index (χ3v) is 4.41. The Bertz CT molecular complexity index is 524. The minimum atomic E-state index is -3.50. The van der Waals surface area contributed by atoms with Crippen LogP contribution in [-0.2, 0) is 16.4 Å². The van der Waals surface area contributed by atoms with Crippen LogP contribution in [0.4, 0.5) is 0 Å². The molecule has 6 heteroatoms. The van der Waals surface area contributed by atoms with Gasteiger partial charge in [-0.05, 0) is 31.0 Å². The van der Waals surface area contributed by atoms with Gasteiger partial charge in [0.05, 0.1) is 9.88 Å². The van der Waals surface area contributed by atoms with Gasteiger partial charge in [0.25, 0.3) is 0 Å². The lowest BCUT2D eigenvalue weighted by atomic mass is 10.1. The fraction of sp³-hybridized carbons (Fsp3) is 0.462. The molecule has 0 spiro atoms. The topological polar surface area (TPSA) is 72.2 Å². The third kappa shape index (κ3) is 5.26. The standard InChI is InChI=1S/C13H20N2O2S2/c1-3-4-11-5-7-12(8-6-11)19(16,17)15-10(2)9-13(14)18/h5-8,10,15H,3-4,9H2,1-2H3,(H2,14,18). The molecule has 106 valence electrons. The maximum Gasteiger partial charge on any atom is 0.240 e. The van der Waals surface area contributed by atoms with Crippen LogP contribution in [0.3, 0.4) is 0 Å². The highest BCUT2D eigenvalue weighted by Gasteiger charge is 2.17. The van der Waals surface area contributed by atoms with E-state index in [2.05, 4.69) is 11.6 Å². The Morgan fingerprint density at radius 2 is 1.95 bits per heavy atom. The Balaban J connectivity index is 2.79. The van der Waals surface area contributed by atoms with E-state index in [0.717, 1.165) is 18.4 Å². The summed E-state index contributed by atoms with van der Waals surface area (Å²) in [6.07, 6.45) is 2.34. The van der Waals surface area contributed by atoms with Gasteiger partial charge in [0.15, 0.2) is 0 Å². The minimum Gasteiger partial charge on any atom is -0.393 e. The van der Waals surface area contributed by atoms with Crippen molar-refractivity contribution in [3.63, 3.8) is 0 Å². The number of hydrogen-bond acceptors (Lipinski definition) is 3. The molecular weight excluding hydrogens is 280 g/mol. The van der Waals surface area contributed by atoms with Gasteiger partial charge in [-0.2, -0.15) is 0 Å². The Labute approximate surface area is 120 Å². The number of thiocarbonyl (C=S) groups is 1. The van der Waals surface area contributed by atoms with Crippen LogP contribution in [0.2, 0.25) is 0 Å². The van der Waals surface area contributed by atoms with E-state index in [-0.39, 0.29) is 10.9 Å². The Hall–Kier alpha value is -0.980. The summed E-state index contributed by atoms with van der Waals surface area (Å²) in [7, 11) is -3.50. The van der Waals surface area contributed by atoms with Gasteiger partial charge < -0.3 is 5.73 Å². The highest BCUT2D eigenvalue weighted by Crippen LogP contribution is 2.12. The smallest absolute Gasteiger partial charge is 0.240 e. The first-order chi connectivity index (χ1) is 8.85. The summed E-state index contributed by atoms with van der Waals surface area (Å²) in [6.45, 7) is 3.83. The molecule has 4 nitrogen and oxygen atoms in total. The van der Waals surface area contributed by atoms with Gasteiger partial charge in [-0.3, -0.25) is 0 Å². The summed E-state index contributed by atoms with van der Waals surface area (Å²) < 4.78 is 26.8. The number of benzene rings is 1. The van der Waals surface area contributed by atoms with Crippen LogP contribution < -0.4 is 10.5 Å². The second-order valence-corrected chi connectivity index (χ2v) is 6.83. The molecule has 0 radical (unpaired) electrons. The fourth-order valence-corrected chi connectivity index (χ4v) is 3.29. The SMILES string of the molecule is CCCc1ccc(S(=O)(=O)NC(C)CC(N)=S)cc1. The van der Waals surface area contributed by atoms with Gasteiger partial charge in [-0.25, -0.2) is 13.1 Å². The lowest BCUT2D eigenvalue weighted by molar-refractivity contribution is 0.565. The summed E-state index contributed by atoms with van der Waals surface area (Å²) in [6, 6.07) is 6.63. The molecule has 0 heterocycles. The first-order valence-corrected chi connectivity index (χ1v) is 8.14. The number of sulfonamides is 1. The molecule has 1 aromatic rings. The molecule has 0 aliphatic carbocycles. The Morgan fingerprint density at radius 3 is 2.42 bits per heavy atom. The van der Waals surface area contributed by atoms with Crippen LogP contribution in [0, 0.1) is 0 Å². The second kappa shape index (κ2) is 6.98. The molecule has 0 aromatic heterocycles. The first kappa shape index (κ1) is 16.1. The van der Waals surface area contributed by atoms with E-state index < -0.39 is 10.0 Å². The molecule has 0 saturated carbocycles. The van der Waals surface area contributed by atoms with E-state index in [9.17, 15) is 8.42 Å². The number of nitrogens with one attached hydrogen (secondary N) is 1. The largest absolute Gasteiger partial charge is 0.393 e. The maximum atomic E-state index is 12.1. The van der Waals surface area contributed by atoms with Gasteiger partial charge >= 0.3 is 0 Å². The average Bonchev–Trinajstić information content (AvgIpc) is 2.28. The summed E-state index contributed by atoms with van der Waals surface area (Å²) in [5.74, 6) is 0. The van der Waals surface area contributed by atoms with Crippen molar-refractivity contribution < 1.29 is 8.42 Å². The zero-order valence-corrected chi connectivity index (χ0v) is 12.9. The molecular formula is C13H20N2O2S2. The normalized spacial score (nSPS) is 13.2. The van der Waals surface area contributed by atoms with Crippen LogP contribution in [0.25, 0.3) is 0 Å². The van der Waals surface area contributed by atoms with Crippen molar-refractivity contribution in [1.29, 1.82) is 0 Å². The van der Waals surface area contributed by atoms with Gasteiger partial charge in [-0.1, -0.05) is 37.7 Å². The quantitative estimate of drug-likeness (QED) is 0.755. The molecule has 0 bridgehead atoms. The van der Waals surface area contributed by atoms with Crippen LogP contribution in [0.1, 0.15) is 32.3 Å². The maximum absolute atomic E-state index is 12.1. The highest BCUT2D eigenvalue weighted by atomic mass is 32.2. The average molecular weight is 300 g/mol.